The molecule has 1 unspecified atom stereocenters. The summed E-state index contributed by atoms with van der Waals surface area (Å²) >= 11 is 0. The van der Waals surface area contributed by atoms with Crippen LogP contribution in [-0.2, 0) is 4.74 Å². The van der Waals surface area contributed by atoms with Gasteiger partial charge in [0.25, 0.3) is 0 Å². The predicted molar refractivity (Wildman–Crippen MR) is 101 cm³/mol. The lowest BCUT2D eigenvalue weighted by molar-refractivity contribution is 0.0316. The zero-order valence-corrected chi connectivity index (χ0v) is 15.8. The van der Waals surface area contributed by atoms with Gasteiger partial charge in [0.05, 0.1) is 27.4 Å². The van der Waals surface area contributed by atoms with Gasteiger partial charge in [0.1, 0.15) is 29.2 Å². The molecule has 6 heteroatoms. The minimum absolute atomic E-state index is 0.247. The summed E-state index contributed by atoms with van der Waals surface area (Å²) in [5.41, 5.74) is 0.912. The molecule has 27 heavy (non-hydrogen) atoms. The number of ether oxygens (including phenoxy) is 4. The van der Waals surface area contributed by atoms with Crippen molar-refractivity contribution in [2.75, 3.05) is 47.1 Å². The Morgan fingerprint density at radius 1 is 1.00 bits per heavy atom. The Hall–Kier alpha value is -2.31. The van der Waals surface area contributed by atoms with Gasteiger partial charge in [-0.05, 0) is 42.5 Å². The summed E-state index contributed by atoms with van der Waals surface area (Å²) < 4.78 is 35.8. The molecule has 2 aromatic rings. The molecule has 0 saturated carbocycles. The van der Waals surface area contributed by atoms with Crippen molar-refractivity contribution in [3.63, 3.8) is 0 Å². The molecule has 0 aromatic heterocycles. The lowest BCUT2D eigenvalue weighted by atomic mass is 10.0. The van der Waals surface area contributed by atoms with Crippen LogP contribution < -0.4 is 14.2 Å². The predicted octanol–water partition coefficient (Wildman–Crippen LogP) is 3.69. The first-order valence-electron chi connectivity index (χ1n) is 9.14. The zero-order chi connectivity index (χ0) is 19.1. The van der Waals surface area contributed by atoms with E-state index in [1.54, 1.807) is 26.4 Å². The number of nitrogens with zero attached hydrogens (tertiary/aromatic N) is 1. The third-order valence-corrected chi connectivity index (χ3v) is 4.69. The van der Waals surface area contributed by atoms with Gasteiger partial charge in [-0.2, -0.15) is 0 Å². The third kappa shape index (κ3) is 5.34. The van der Waals surface area contributed by atoms with E-state index in [-0.39, 0.29) is 11.9 Å². The molecule has 0 radical (unpaired) electrons. The maximum absolute atomic E-state index is 13.2. The fourth-order valence-corrected chi connectivity index (χ4v) is 3.17. The van der Waals surface area contributed by atoms with E-state index in [9.17, 15) is 4.39 Å². The Morgan fingerprint density at radius 3 is 2.37 bits per heavy atom. The molecular formula is C21H26FNO4. The Balaban J connectivity index is 1.82. The summed E-state index contributed by atoms with van der Waals surface area (Å²) in [6.45, 7) is 4.21. The van der Waals surface area contributed by atoms with Crippen molar-refractivity contribution in [1.29, 1.82) is 0 Å². The van der Waals surface area contributed by atoms with Crippen molar-refractivity contribution >= 4 is 0 Å². The highest BCUT2D eigenvalue weighted by atomic mass is 19.1. The number of halogens is 1. The molecule has 0 aliphatic carbocycles. The highest BCUT2D eigenvalue weighted by Gasteiger charge is 2.21. The SMILES string of the molecule is COc1ccc(OC)c(C(CCN2CCOCC2)Oc2ccc(F)cc2)c1. The van der Waals surface area contributed by atoms with Crippen LogP contribution in [0.25, 0.3) is 0 Å². The summed E-state index contributed by atoms with van der Waals surface area (Å²) in [4.78, 5) is 2.36. The Bertz CT molecular complexity index is 717. The molecule has 1 atom stereocenters. The van der Waals surface area contributed by atoms with Crippen molar-refractivity contribution in [2.24, 2.45) is 0 Å². The van der Waals surface area contributed by atoms with Gasteiger partial charge < -0.3 is 18.9 Å². The highest BCUT2D eigenvalue weighted by Crippen LogP contribution is 2.34. The van der Waals surface area contributed by atoms with E-state index in [1.807, 2.05) is 18.2 Å². The van der Waals surface area contributed by atoms with E-state index in [1.165, 1.54) is 12.1 Å². The maximum Gasteiger partial charge on any atom is 0.129 e. The summed E-state index contributed by atoms with van der Waals surface area (Å²) in [5, 5.41) is 0. The van der Waals surface area contributed by atoms with Crippen LogP contribution >= 0.6 is 0 Å². The Labute approximate surface area is 159 Å². The normalized spacial score (nSPS) is 16.0. The fraction of sp³-hybridized carbons (Fsp3) is 0.429. The molecule has 0 amide bonds. The maximum atomic E-state index is 13.2. The van der Waals surface area contributed by atoms with Gasteiger partial charge in [0.15, 0.2) is 0 Å². The molecule has 0 spiro atoms. The summed E-state index contributed by atoms with van der Waals surface area (Å²) in [5.74, 6) is 1.81. The quantitative estimate of drug-likeness (QED) is 0.704. The number of benzene rings is 2. The zero-order valence-electron chi connectivity index (χ0n) is 15.8. The standard InChI is InChI=1S/C21H26FNO4/c1-24-18-7-8-20(25-2)19(15-18)21(9-10-23-11-13-26-14-12-23)27-17-5-3-16(22)4-6-17/h3-8,15,21H,9-14H2,1-2H3. The molecule has 3 rings (SSSR count). The molecule has 1 heterocycles. The first-order chi connectivity index (χ1) is 13.2. The third-order valence-electron chi connectivity index (χ3n) is 4.69. The molecule has 1 aliphatic heterocycles. The van der Waals surface area contributed by atoms with Crippen LogP contribution in [0.1, 0.15) is 18.1 Å². The van der Waals surface area contributed by atoms with Gasteiger partial charge in [0, 0.05) is 31.6 Å². The number of morpholine rings is 1. The van der Waals surface area contributed by atoms with Crippen LogP contribution in [0, 0.1) is 5.82 Å². The van der Waals surface area contributed by atoms with E-state index >= 15 is 0 Å². The van der Waals surface area contributed by atoms with E-state index in [2.05, 4.69) is 4.90 Å². The fourth-order valence-electron chi connectivity index (χ4n) is 3.17. The molecule has 1 saturated heterocycles. The van der Waals surface area contributed by atoms with Crippen LogP contribution in [0.4, 0.5) is 4.39 Å². The van der Waals surface area contributed by atoms with E-state index in [0.29, 0.717) is 5.75 Å². The van der Waals surface area contributed by atoms with Crippen LogP contribution in [0.15, 0.2) is 42.5 Å². The number of methoxy groups -OCH3 is 2. The number of rotatable bonds is 8. The van der Waals surface area contributed by atoms with Crippen LogP contribution in [0.2, 0.25) is 0 Å². The molecule has 0 N–H and O–H groups in total. The van der Waals surface area contributed by atoms with Crippen molar-refractivity contribution in [2.45, 2.75) is 12.5 Å². The van der Waals surface area contributed by atoms with Crippen LogP contribution in [0.5, 0.6) is 17.2 Å². The monoisotopic (exact) mass is 375 g/mol. The lowest BCUT2D eigenvalue weighted by Gasteiger charge is -2.29. The van der Waals surface area contributed by atoms with Gasteiger partial charge in [-0.1, -0.05) is 0 Å². The van der Waals surface area contributed by atoms with Crippen LogP contribution in [-0.4, -0.2) is 52.0 Å². The molecule has 1 fully saturated rings. The van der Waals surface area contributed by atoms with E-state index in [4.69, 9.17) is 18.9 Å². The first-order valence-corrected chi connectivity index (χ1v) is 9.14. The number of hydrogen-bond donors (Lipinski definition) is 0. The van der Waals surface area contributed by atoms with Gasteiger partial charge in [-0.25, -0.2) is 4.39 Å². The largest absolute Gasteiger partial charge is 0.497 e. The molecule has 146 valence electrons. The minimum Gasteiger partial charge on any atom is -0.497 e. The lowest BCUT2D eigenvalue weighted by Crippen LogP contribution is -2.37. The van der Waals surface area contributed by atoms with Crippen LogP contribution in [0.3, 0.4) is 0 Å². The van der Waals surface area contributed by atoms with Gasteiger partial charge in [-0.3, -0.25) is 4.90 Å². The second-order valence-electron chi connectivity index (χ2n) is 6.41. The first kappa shape index (κ1) is 19.5. The molecule has 2 aromatic carbocycles. The average molecular weight is 375 g/mol. The summed E-state index contributed by atoms with van der Waals surface area (Å²) in [7, 11) is 3.28. The summed E-state index contributed by atoms with van der Waals surface area (Å²) in [6.07, 6.45) is 0.518. The summed E-state index contributed by atoms with van der Waals surface area (Å²) in [6, 6.07) is 11.8. The average Bonchev–Trinajstić information content (AvgIpc) is 2.72. The van der Waals surface area contributed by atoms with Crippen molar-refractivity contribution < 1.29 is 23.3 Å². The second kappa shape index (κ2) is 9.58. The van der Waals surface area contributed by atoms with Gasteiger partial charge in [0.2, 0.25) is 0 Å². The molecule has 1 aliphatic rings. The molecular weight excluding hydrogens is 349 g/mol. The Kier molecular flexibility index (Phi) is 6.90. The minimum atomic E-state index is -0.286. The second-order valence-corrected chi connectivity index (χ2v) is 6.41. The topological polar surface area (TPSA) is 40.2 Å². The van der Waals surface area contributed by atoms with E-state index < -0.39 is 0 Å². The van der Waals surface area contributed by atoms with Gasteiger partial charge >= 0.3 is 0 Å². The van der Waals surface area contributed by atoms with Gasteiger partial charge in [-0.15, -0.1) is 0 Å². The van der Waals surface area contributed by atoms with Crippen molar-refractivity contribution in [1.82, 2.24) is 4.90 Å². The molecule has 5 nitrogen and oxygen atoms in total. The van der Waals surface area contributed by atoms with E-state index in [0.717, 1.165) is 56.3 Å². The smallest absolute Gasteiger partial charge is 0.129 e. The highest BCUT2D eigenvalue weighted by molar-refractivity contribution is 5.42. The molecule has 0 bridgehead atoms. The van der Waals surface area contributed by atoms with Crippen molar-refractivity contribution in [3.05, 3.63) is 53.8 Å². The Morgan fingerprint density at radius 2 is 1.70 bits per heavy atom. The number of hydrogen-bond acceptors (Lipinski definition) is 5. The van der Waals surface area contributed by atoms with Crippen molar-refractivity contribution in [3.8, 4) is 17.2 Å².